The number of amides is 2. The molecule has 158 valence electrons. The standard InChI is InChI=1S/C23H19ClN2O4S/c1-13-6-7-15(11-18(13)24)26-22(27)20(19-5-4-8-31-19)21(23(26)28)25-14-9-16(29-2)12-17(10-14)30-3/h4-12,25H,1-3H3. The van der Waals surface area contributed by atoms with E-state index in [1.807, 2.05) is 24.4 Å². The van der Waals surface area contributed by atoms with Crippen LogP contribution in [0.3, 0.4) is 0 Å². The Hall–Kier alpha value is -3.29. The molecule has 1 aliphatic heterocycles. The molecule has 1 aromatic heterocycles. The van der Waals surface area contributed by atoms with Crippen molar-refractivity contribution in [2.75, 3.05) is 24.4 Å². The number of anilines is 2. The molecule has 4 rings (SSSR count). The third-order valence-electron chi connectivity index (χ3n) is 4.89. The van der Waals surface area contributed by atoms with Gasteiger partial charge in [0.25, 0.3) is 11.8 Å². The normalized spacial score (nSPS) is 13.7. The van der Waals surface area contributed by atoms with Crippen LogP contribution in [0.15, 0.2) is 59.6 Å². The number of carbonyl (C=O) groups is 2. The maximum atomic E-state index is 13.4. The number of hydrogen-bond acceptors (Lipinski definition) is 6. The van der Waals surface area contributed by atoms with E-state index in [4.69, 9.17) is 21.1 Å². The second-order valence-corrected chi connectivity index (χ2v) is 8.19. The largest absolute Gasteiger partial charge is 0.497 e. The lowest BCUT2D eigenvalue weighted by atomic mass is 10.1. The fourth-order valence-corrected chi connectivity index (χ4v) is 4.22. The van der Waals surface area contributed by atoms with Crippen LogP contribution in [0.4, 0.5) is 11.4 Å². The lowest BCUT2D eigenvalue weighted by Crippen LogP contribution is -2.32. The fourth-order valence-electron chi connectivity index (χ4n) is 3.27. The van der Waals surface area contributed by atoms with E-state index in [0.29, 0.717) is 38.3 Å². The number of nitrogens with zero attached hydrogens (tertiary/aromatic N) is 1. The first-order chi connectivity index (χ1) is 14.9. The Balaban J connectivity index is 1.80. The second kappa shape index (κ2) is 8.45. The first-order valence-corrected chi connectivity index (χ1v) is 10.6. The maximum Gasteiger partial charge on any atom is 0.282 e. The molecule has 0 spiro atoms. The Morgan fingerprint density at radius 2 is 1.68 bits per heavy atom. The molecule has 2 heterocycles. The van der Waals surface area contributed by atoms with Crippen molar-refractivity contribution in [2.45, 2.75) is 6.92 Å². The molecule has 0 unspecified atom stereocenters. The van der Waals surface area contributed by atoms with Crippen molar-refractivity contribution in [3.8, 4) is 11.5 Å². The number of thiophene rings is 1. The molecule has 0 aliphatic carbocycles. The molecule has 0 saturated heterocycles. The van der Waals surface area contributed by atoms with Crippen LogP contribution in [0.5, 0.6) is 11.5 Å². The molecule has 1 aliphatic rings. The summed E-state index contributed by atoms with van der Waals surface area (Å²) in [6.45, 7) is 1.86. The molecule has 2 amide bonds. The summed E-state index contributed by atoms with van der Waals surface area (Å²) in [6.07, 6.45) is 0. The molecule has 0 saturated carbocycles. The van der Waals surface area contributed by atoms with Gasteiger partial charge in [0.05, 0.1) is 25.5 Å². The van der Waals surface area contributed by atoms with Gasteiger partial charge in [-0.3, -0.25) is 9.59 Å². The minimum Gasteiger partial charge on any atom is -0.497 e. The Morgan fingerprint density at radius 1 is 0.968 bits per heavy atom. The van der Waals surface area contributed by atoms with E-state index in [0.717, 1.165) is 10.5 Å². The van der Waals surface area contributed by atoms with E-state index in [9.17, 15) is 9.59 Å². The Bertz CT molecular complexity index is 1180. The molecular formula is C23H19ClN2O4S. The highest BCUT2D eigenvalue weighted by Gasteiger charge is 2.41. The van der Waals surface area contributed by atoms with Gasteiger partial charge in [0, 0.05) is 33.8 Å². The zero-order chi connectivity index (χ0) is 22.1. The molecule has 6 nitrogen and oxygen atoms in total. The SMILES string of the molecule is COc1cc(NC2=C(c3cccs3)C(=O)N(c3ccc(C)c(Cl)c3)C2=O)cc(OC)c1. The first kappa shape index (κ1) is 21.0. The number of rotatable bonds is 6. The summed E-state index contributed by atoms with van der Waals surface area (Å²) < 4.78 is 10.6. The number of hydrogen-bond donors (Lipinski definition) is 1. The summed E-state index contributed by atoms with van der Waals surface area (Å²) in [5.41, 5.74) is 2.32. The van der Waals surface area contributed by atoms with E-state index in [-0.39, 0.29) is 5.70 Å². The maximum absolute atomic E-state index is 13.4. The number of ether oxygens (including phenoxy) is 2. The number of imide groups is 1. The zero-order valence-electron chi connectivity index (χ0n) is 17.1. The van der Waals surface area contributed by atoms with Gasteiger partial charge >= 0.3 is 0 Å². The summed E-state index contributed by atoms with van der Waals surface area (Å²) in [4.78, 5) is 28.6. The third-order valence-corrected chi connectivity index (χ3v) is 6.18. The van der Waals surface area contributed by atoms with Gasteiger partial charge in [-0.15, -0.1) is 11.3 Å². The van der Waals surface area contributed by atoms with Gasteiger partial charge in [-0.1, -0.05) is 23.7 Å². The van der Waals surface area contributed by atoms with Crippen molar-refractivity contribution in [3.63, 3.8) is 0 Å². The van der Waals surface area contributed by atoms with Crippen molar-refractivity contribution >= 4 is 51.7 Å². The lowest BCUT2D eigenvalue weighted by molar-refractivity contribution is -0.120. The zero-order valence-corrected chi connectivity index (χ0v) is 18.6. The van der Waals surface area contributed by atoms with Crippen molar-refractivity contribution in [2.24, 2.45) is 0 Å². The summed E-state index contributed by atoms with van der Waals surface area (Å²) in [5.74, 6) is 0.234. The number of halogens is 1. The van der Waals surface area contributed by atoms with Crippen LogP contribution < -0.4 is 19.7 Å². The van der Waals surface area contributed by atoms with Crippen LogP contribution in [0.1, 0.15) is 10.4 Å². The summed E-state index contributed by atoms with van der Waals surface area (Å²) in [5, 5.41) is 5.46. The number of benzene rings is 2. The Morgan fingerprint density at radius 3 is 2.26 bits per heavy atom. The number of carbonyl (C=O) groups excluding carboxylic acids is 2. The van der Waals surface area contributed by atoms with Crippen LogP contribution in [0.25, 0.3) is 5.57 Å². The van der Waals surface area contributed by atoms with Crippen molar-refractivity contribution in [1.29, 1.82) is 0 Å². The predicted octanol–water partition coefficient (Wildman–Crippen LogP) is 5.12. The van der Waals surface area contributed by atoms with Crippen LogP contribution in [0.2, 0.25) is 5.02 Å². The first-order valence-electron chi connectivity index (χ1n) is 9.36. The van der Waals surface area contributed by atoms with E-state index in [1.165, 1.54) is 11.3 Å². The van der Waals surface area contributed by atoms with Crippen molar-refractivity contribution in [3.05, 3.63) is 75.1 Å². The van der Waals surface area contributed by atoms with Gasteiger partial charge < -0.3 is 14.8 Å². The van der Waals surface area contributed by atoms with Gasteiger partial charge in [-0.2, -0.15) is 0 Å². The number of nitrogens with one attached hydrogen (secondary N) is 1. The second-order valence-electron chi connectivity index (χ2n) is 6.83. The van der Waals surface area contributed by atoms with Gasteiger partial charge in [0.2, 0.25) is 0 Å². The third kappa shape index (κ3) is 3.89. The smallest absolute Gasteiger partial charge is 0.282 e. The molecule has 0 fully saturated rings. The highest BCUT2D eigenvalue weighted by molar-refractivity contribution is 7.11. The van der Waals surface area contributed by atoms with E-state index in [1.54, 1.807) is 50.6 Å². The molecule has 2 aromatic carbocycles. The van der Waals surface area contributed by atoms with E-state index < -0.39 is 11.8 Å². The fraction of sp³-hybridized carbons (Fsp3) is 0.130. The summed E-state index contributed by atoms with van der Waals surface area (Å²) in [7, 11) is 3.09. The molecular weight excluding hydrogens is 436 g/mol. The highest BCUT2D eigenvalue weighted by atomic mass is 35.5. The average molecular weight is 455 g/mol. The molecule has 8 heteroatoms. The van der Waals surface area contributed by atoms with Crippen LogP contribution in [0, 0.1) is 6.92 Å². The van der Waals surface area contributed by atoms with E-state index in [2.05, 4.69) is 5.32 Å². The molecule has 3 aromatic rings. The molecule has 1 N–H and O–H groups in total. The number of methoxy groups -OCH3 is 2. The van der Waals surface area contributed by atoms with Crippen molar-refractivity contribution in [1.82, 2.24) is 0 Å². The Labute approximate surface area is 188 Å². The topological polar surface area (TPSA) is 67.9 Å². The minimum atomic E-state index is -0.463. The lowest BCUT2D eigenvalue weighted by Gasteiger charge is -2.16. The van der Waals surface area contributed by atoms with Crippen LogP contribution >= 0.6 is 22.9 Å². The van der Waals surface area contributed by atoms with E-state index >= 15 is 0 Å². The molecule has 31 heavy (non-hydrogen) atoms. The summed E-state index contributed by atoms with van der Waals surface area (Å²) in [6, 6.07) is 13.9. The quantitative estimate of drug-likeness (QED) is 0.523. The van der Waals surface area contributed by atoms with Crippen LogP contribution in [-0.2, 0) is 9.59 Å². The Kier molecular flexibility index (Phi) is 5.71. The van der Waals surface area contributed by atoms with Gasteiger partial charge in [0.1, 0.15) is 17.2 Å². The minimum absolute atomic E-state index is 0.180. The average Bonchev–Trinajstić information content (AvgIpc) is 3.37. The van der Waals surface area contributed by atoms with Gasteiger partial charge in [-0.05, 0) is 36.1 Å². The van der Waals surface area contributed by atoms with Gasteiger partial charge in [0.15, 0.2) is 0 Å². The molecule has 0 radical (unpaired) electrons. The monoisotopic (exact) mass is 454 g/mol. The summed E-state index contributed by atoms with van der Waals surface area (Å²) >= 11 is 7.64. The van der Waals surface area contributed by atoms with Crippen molar-refractivity contribution < 1.29 is 19.1 Å². The van der Waals surface area contributed by atoms with Crippen LogP contribution in [-0.4, -0.2) is 26.0 Å². The number of aryl methyl sites for hydroxylation is 1. The predicted molar refractivity (Wildman–Crippen MR) is 123 cm³/mol. The molecule has 0 bridgehead atoms. The highest BCUT2D eigenvalue weighted by Crippen LogP contribution is 2.37. The van der Waals surface area contributed by atoms with Gasteiger partial charge in [-0.25, -0.2) is 4.90 Å². The molecule has 0 atom stereocenters.